The van der Waals surface area contributed by atoms with E-state index < -0.39 is 60.1 Å². The number of aromatic hydroxyl groups is 1. The molecule has 13 nitrogen and oxygen atoms in total. The number of aromatic nitrogens is 2. The lowest BCUT2D eigenvalue weighted by Crippen LogP contribution is -2.64. The molecule has 1 heterocycles. The SMILES string of the molecule is CO/N=C1\C(O)=C(C(N)=O)C(=O)[C@@]2(O)C(=O)C3=C(O)c4c(O)ccc(-c5cncn5COCC[Si](C)(C)C)c4C[C@H]3C[C@@H]12. The Kier molecular flexibility index (Phi) is 7.57. The molecule has 0 unspecified atom stereocenters. The molecule has 6 N–H and O–H groups in total. The lowest BCUT2D eigenvalue weighted by Gasteiger charge is -2.45. The zero-order chi connectivity index (χ0) is 31.4. The average Bonchev–Trinajstić information content (AvgIpc) is 3.38. The summed E-state index contributed by atoms with van der Waals surface area (Å²) in [6.07, 6.45) is 3.22. The largest absolute Gasteiger partial charge is 0.507 e. The molecule has 0 saturated heterocycles. The molecule has 1 fully saturated rings. The molecule has 0 spiro atoms. The van der Waals surface area contributed by atoms with Gasteiger partial charge in [-0.15, -0.1) is 0 Å². The van der Waals surface area contributed by atoms with Gasteiger partial charge < -0.3 is 40.3 Å². The number of rotatable bonds is 8. The summed E-state index contributed by atoms with van der Waals surface area (Å²) in [4.78, 5) is 48.4. The fraction of sp³-hybridized carbons (Fsp3) is 0.414. The summed E-state index contributed by atoms with van der Waals surface area (Å²) in [5.41, 5.74) is 2.51. The molecule has 0 bridgehead atoms. The lowest BCUT2D eigenvalue weighted by atomic mass is 9.58. The van der Waals surface area contributed by atoms with Crippen molar-refractivity contribution >= 4 is 37.0 Å². The maximum Gasteiger partial charge on any atom is 0.256 e. The number of fused-ring (bicyclic) bond motifs is 3. The van der Waals surface area contributed by atoms with Crippen LogP contribution in [0.4, 0.5) is 0 Å². The predicted molar refractivity (Wildman–Crippen MR) is 157 cm³/mol. The van der Waals surface area contributed by atoms with Crippen molar-refractivity contribution < 1.29 is 44.4 Å². The van der Waals surface area contributed by atoms with Crippen molar-refractivity contribution in [3.8, 4) is 17.0 Å². The molecule has 0 radical (unpaired) electrons. The van der Waals surface area contributed by atoms with E-state index in [4.69, 9.17) is 15.3 Å². The van der Waals surface area contributed by atoms with E-state index in [1.807, 2.05) is 0 Å². The van der Waals surface area contributed by atoms with Gasteiger partial charge in [-0.05, 0) is 42.5 Å². The van der Waals surface area contributed by atoms with Gasteiger partial charge in [0.2, 0.25) is 11.6 Å². The number of phenolic OH excluding ortho intramolecular Hbond substituents is 1. The van der Waals surface area contributed by atoms with E-state index >= 15 is 0 Å². The number of ether oxygens (including phenoxy) is 1. The predicted octanol–water partition coefficient (Wildman–Crippen LogP) is 2.21. The first-order chi connectivity index (χ1) is 20.2. The van der Waals surface area contributed by atoms with Crippen molar-refractivity contribution in [3.05, 3.63) is 52.7 Å². The highest BCUT2D eigenvalue weighted by molar-refractivity contribution is 6.76. The van der Waals surface area contributed by atoms with Gasteiger partial charge in [0, 0.05) is 25.8 Å². The number of amides is 1. The number of aliphatic hydroxyl groups is 3. The minimum Gasteiger partial charge on any atom is -0.507 e. The van der Waals surface area contributed by atoms with Crippen molar-refractivity contribution in [2.75, 3.05) is 13.7 Å². The van der Waals surface area contributed by atoms with Crippen LogP contribution in [0.5, 0.6) is 5.75 Å². The highest BCUT2D eigenvalue weighted by Crippen LogP contribution is 2.52. The minimum absolute atomic E-state index is 0.0193. The maximum absolute atomic E-state index is 13.9. The van der Waals surface area contributed by atoms with Gasteiger partial charge in [-0.25, -0.2) is 4.98 Å². The van der Waals surface area contributed by atoms with Crippen LogP contribution in [0.15, 0.2) is 46.7 Å². The summed E-state index contributed by atoms with van der Waals surface area (Å²) in [5.74, 6) is -7.93. The van der Waals surface area contributed by atoms with Crippen molar-refractivity contribution in [1.82, 2.24) is 9.55 Å². The second kappa shape index (κ2) is 10.8. The topological polar surface area (TPSA) is 207 Å². The molecule has 3 atom stereocenters. The van der Waals surface area contributed by atoms with E-state index in [0.29, 0.717) is 23.4 Å². The monoisotopic (exact) mass is 610 g/mol. The zero-order valence-corrected chi connectivity index (χ0v) is 25.2. The third kappa shape index (κ3) is 4.84. The number of carbonyl (C=O) groups is 3. The minimum atomic E-state index is -2.90. The number of imidazole rings is 1. The Morgan fingerprint density at radius 1 is 1.19 bits per heavy atom. The number of allylic oxidation sites excluding steroid dienone is 1. The standard InChI is InChI=1S/C29H34N4O9Si/c1-41-32-23-17-10-14-9-16-15(18-11-31-12-33(18)13-42-7-8-43(2,3)4)5-6-19(34)21(16)24(35)20(14)26(37)29(17,40)27(38)22(25(23)36)28(30)39/h5-6,11-12,14,17,34-36,40H,7-10,13H2,1-4H3,(H2,30,39)/b32-23-/t14-,17-,29-/m0/s1. The van der Waals surface area contributed by atoms with Crippen LogP contribution in [0.1, 0.15) is 17.5 Å². The molecule has 5 rings (SSSR count). The van der Waals surface area contributed by atoms with Gasteiger partial charge in [-0.3, -0.25) is 14.4 Å². The quantitative estimate of drug-likeness (QED) is 0.0968. The smallest absolute Gasteiger partial charge is 0.256 e. The molecular formula is C29H34N4O9Si. The van der Waals surface area contributed by atoms with Gasteiger partial charge in [-0.2, -0.15) is 0 Å². The lowest BCUT2D eigenvalue weighted by molar-refractivity contribution is -0.153. The van der Waals surface area contributed by atoms with Crippen molar-refractivity contribution in [1.29, 1.82) is 0 Å². The van der Waals surface area contributed by atoms with E-state index in [-0.39, 0.29) is 42.2 Å². The summed E-state index contributed by atoms with van der Waals surface area (Å²) in [5, 5.41) is 48.4. The van der Waals surface area contributed by atoms with Crippen LogP contribution in [0, 0.1) is 11.8 Å². The number of benzene rings is 1. The molecule has 1 saturated carbocycles. The Balaban J connectivity index is 1.59. The van der Waals surface area contributed by atoms with Gasteiger partial charge in [0.05, 0.1) is 29.7 Å². The third-order valence-electron chi connectivity index (χ3n) is 8.29. The number of nitrogens with two attached hydrogens (primary N) is 1. The molecule has 1 aromatic heterocycles. The number of hydrogen-bond donors (Lipinski definition) is 5. The second-order valence-corrected chi connectivity index (χ2v) is 17.8. The third-order valence-corrected chi connectivity index (χ3v) is 9.99. The normalized spacial score (nSPS) is 24.6. The zero-order valence-electron chi connectivity index (χ0n) is 24.2. The Bertz CT molecular complexity index is 1630. The first kappa shape index (κ1) is 30.2. The van der Waals surface area contributed by atoms with Gasteiger partial charge in [0.1, 0.15) is 36.6 Å². The summed E-state index contributed by atoms with van der Waals surface area (Å²) in [6, 6.07) is 4.04. The molecule has 14 heteroatoms. The molecule has 1 amide bonds. The van der Waals surface area contributed by atoms with Crippen LogP contribution in [0.25, 0.3) is 17.0 Å². The first-order valence-corrected chi connectivity index (χ1v) is 17.5. The summed E-state index contributed by atoms with van der Waals surface area (Å²) < 4.78 is 7.72. The molecule has 2 aromatic rings. The number of hydrogen-bond acceptors (Lipinski definition) is 11. The molecule has 3 aliphatic rings. The number of oxime groups is 1. The Morgan fingerprint density at radius 3 is 2.56 bits per heavy atom. The van der Waals surface area contributed by atoms with Crippen LogP contribution in [0.3, 0.4) is 0 Å². The highest BCUT2D eigenvalue weighted by Gasteiger charge is 2.64. The fourth-order valence-electron chi connectivity index (χ4n) is 6.13. The summed E-state index contributed by atoms with van der Waals surface area (Å²) >= 11 is 0. The van der Waals surface area contributed by atoms with Gasteiger partial charge in [0.15, 0.2) is 11.4 Å². The molecule has 228 valence electrons. The average molecular weight is 611 g/mol. The van der Waals surface area contributed by atoms with Gasteiger partial charge in [-0.1, -0.05) is 24.8 Å². The Morgan fingerprint density at radius 2 is 1.91 bits per heavy atom. The fourth-order valence-corrected chi connectivity index (χ4v) is 6.88. The highest BCUT2D eigenvalue weighted by atomic mass is 28.3. The Labute approximate surface area is 247 Å². The second-order valence-electron chi connectivity index (χ2n) is 12.2. The molecule has 0 aliphatic heterocycles. The molecule has 1 aromatic carbocycles. The van der Waals surface area contributed by atoms with Crippen LogP contribution in [-0.4, -0.2) is 80.6 Å². The van der Waals surface area contributed by atoms with Crippen LogP contribution >= 0.6 is 0 Å². The summed E-state index contributed by atoms with van der Waals surface area (Å²) in [7, 11) is -0.135. The number of aliphatic hydroxyl groups excluding tert-OH is 2. The molecular weight excluding hydrogens is 576 g/mol. The Hall–Kier alpha value is -4.27. The van der Waals surface area contributed by atoms with Crippen LogP contribution in [-0.2, 0) is 37.1 Å². The van der Waals surface area contributed by atoms with Crippen molar-refractivity contribution in [2.45, 2.75) is 50.9 Å². The van der Waals surface area contributed by atoms with Crippen molar-refractivity contribution in [3.63, 3.8) is 0 Å². The first-order valence-electron chi connectivity index (χ1n) is 13.7. The van der Waals surface area contributed by atoms with E-state index in [0.717, 1.165) is 13.2 Å². The van der Waals surface area contributed by atoms with E-state index in [9.17, 15) is 34.8 Å². The maximum atomic E-state index is 13.9. The van der Waals surface area contributed by atoms with Gasteiger partial charge >= 0.3 is 0 Å². The number of ketones is 2. The summed E-state index contributed by atoms with van der Waals surface area (Å²) in [6.45, 7) is 7.59. The number of carbonyl (C=O) groups excluding carboxylic acids is 3. The number of primary amides is 1. The van der Waals surface area contributed by atoms with E-state index in [1.165, 1.54) is 6.07 Å². The van der Waals surface area contributed by atoms with Crippen LogP contribution in [0.2, 0.25) is 25.7 Å². The van der Waals surface area contributed by atoms with Gasteiger partial charge in [0.25, 0.3) is 5.91 Å². The van der Waals surface area contributed by atoms with E-state index in [1.54, 1.807) is 23.2 Å². The van der Waals surface area contributed by atoms with E-state index in [2.05, 4.69) is 29.8 Å². The number of nitrogens with zero attached hydrogens (tertiary/aromatic N) is 3. The number of Topliss-reactive ketones (excluding diaryl/α,β-unsaturated/α-hetero) is 2. The van der Waals surface area contributed by atoms with Crippen LogP contribution < -0.4 is 5.73 Å². The molecule has 3 aliphatic carbocycles. The van der Waals surface area contributed by atoms with Crippen molar-refractivity contribution in [2.24, 2.45) is 22.7 Å². The molecule has 43 heavy (non-hydrogen) atoms. The number of phenols is 1.